The minimum absolute atomic E-state index is 0.239. The number of amides is 2. The van der Waals surface area contributed by atoms with Crippen molar-refractivity contribution in [2.24, 2.45) is 0 Å². The summed E-state index contributed by atoms with van der Waals surface area (Å²) in [5, 5.41) is 10.7. The van der Waals surface area contributed by atoms with Crippen molar-refractivity contribution in [3.8, 4) is 5.69 Å². The molecule has 0 spiro atoms. The molecule has 9 heteroatoms. The highest BCUT2D eigenvalue weighted by atomic mass is 35.5. The molecule has 5 rings (SSSR count). The third kappa shape index (κ3) is 4.49. The molecule has 2 amide bonds. The van der Waals surface area contributed by atoms with Gasteiger partial charge < -0.3 is 15.6 Å². The van der Waals surface area contributed by atoms with Gasteiger partial charge in [0.2, 0.25) is 0 Å². The number of nitrogens with one attached hydrogen (secondary N) is 3. The highest BCUT2D eigenvalue weighted by Gasteiger charge is 2.18. The number of pyridine rings is 1. The predicted molar refractivity (Wildman–Crippen MR) is 131 cm³/mol. The maximum Gasteiger partial charge on any atom is 0.272 e. The number of carbonyl (C=O) groups is 2. The fraction of sp³-hybridized carbons (Fsp3) is 0.120. The van der Waals surface area contributed by atoms with Crippen LogP contribution in [0.2, 0.25) is 0 Å². The number of anilines is 2. The summed E-state index contributed by atoms with van der Waals surface area (Å²) < 4.78 is 1.60. The molecule has 1 aliphatic carbocycles. The number of benzene rings is 1. The largest absolute Gasteiger partial charge is 0.350 e. The van der Waals surface area contributed by atoms with Crippen LogP contribution in [0.4, 0.5) is 11.4 Å². The van der Waals surface area contributed by atoms with Gasteiger partial charge in [-0.25, -0.2) is 4.68 Å². The molecule has 34 heavy (non-hydrogen) atoms. The molecule has 0 saturated carbocycles. The lowest BCUT2D eigenvalue weighted by molar-refractivity contribution is 0.101. The molecule has 1 aliphatic rings. The number of hydrogen-bond donors (Lipinski definition) is 3. The minimum Gasteiger partial charge on any atom is -0.350 e. The second kappa shape index (κ2) is 8.99. The van der Waals surface area contributed by atoms with Gasteiger partial charge >= 0.3 is 0 Å². The minimum atomic E-state index is -0.279. The monoisotopic (exact) mass is 472 g/mol. The van der Waals surface area contributed by atoms with E-state index in [2.05, 4.69) is 25.7 Å². The van der Waals surface area contributed by atoms with Crippen LogP contribution in [0, 0.1) is 6.92 Å². The van der Waals surface area contributed by atoms with Gasteiger partial charge in [-0.15, -0.1) is 0 Å². The number of H-pyrrole nitrogens is 1. The summed E-state index contributed by atoms with van der Waals surface area (Å²) in [6.07, 6.45) is 8.54. The summed E-state index contributed by atoms with van der Waals surface area (Å²) in [4.78, 5) is 32.6. The third-order valence-electron chi connectivity index (χ3n) is 5.49. The molecule has 0 aliphatic heterocycles. The number of allylic oxidation sites excluding steroid dienone is 1. The smallest absolute Gasteiger partial charge is 0.272 e. The maximum absolute atomic E-state index is 12.7. The highest BCUT2D eigenvalue weighted by molar-refractivity contribution is 6.48. The SMILES string of the molecule is Cc1cc(NC(=O)c2cccc(-n3cc(NC(=O)c4cc5c([nH]4)C(Cl)=CCC5)cn3)c2)ccn1. The van der Waals surface area contributed by atoms with Crippen LogP contribution in [0.3, 0.4) is 0 Å². The Balaban J connectivity index is 1.30. The summed E-state index contributed by atoms with van der Waals surface area (Å²) in [6, 6.07) is 12.4. The van der Waals surface area contributed by atoms with Crippen LogP contribution in [0.15, 0.2) is 67.1 Å². The Bertz CT molecular complexity index is 1430. The van der Waals surface area contributed by atoms with Gasteiger partial charge in [-0.2, -0.15) is 5.10 Å². The summed E-state index contributed by atoms with van der Waals surface area (Å²) in [5.74, 6) is -0.518. The topological polar surface area (TPSA) is 105 Å². The number of halogens is 1. The first kappa shape index (κ1) is 21.7. The van der Waals surface area contributed by atoms with Gasteiger partial charge in [0, 0.05) is 23.1 Å². The molecule has 3 heterocycles. The molecule has 3 aromatic heterocycles. The van der Waals surface area contributed by atoms with Gasteiger partial charge in [0.25, 0.3) is 11.8 Å². The fourth-order valence-corrected chi connectivity index (χ4v) is 4.11. The lowest BCUT2D eigenvalue weighted by atomic mass is 10.0. The molecule has 0 bridgehead atoms. The van der Waals surface area contributed by atoms with Crippen LogP contribution < -0.4 is 10.6 Å². The van der Waals surface area contributed by atoms with E-state index >= 15 is 0 Å². The second-order valence-corrected chi connectivity index (χ2v) is 8.40. The van der Waals surface area contributed by atoms with Gasteiger partial charge in [0.15, 0.2) is 0 Å². The van der Waals surface area contributed by atoms with Crippen LogP contribution in [0.5, 0.6) is 0 Å². The van der Waals surface area contributed by atoms with E-state index in [9.17, 15) is 9.59 Å². The molecule has 3 N–H and O–H groups in total. The summed E-state index contributed by atoms with van der Waals surface area (Å²) >= 11 is 6.24. The van der Waals surface area contributed by atoms with Crippen molar-refractivity contribution in [3.05, 3.63) is 95.3 Å². The number of aromatic amines is 1. The standard InChI is InChI=1S/C25H21ClN6O2/c1-15-10-18(8-9-27-15)29-24(33)17-5-2-6-20(11-17)32-14-19(13-28-32)30-25(34)22-12-16-4-3-7-21(26)23(16)31-22/h2,5-14,31H,3-4H2,1H3,(H,30,34)(H,27,29,33). The zero-order valence-corrected chi connectivity index (χ0v) is 19.1. The van der Waals surface area contributed by atoms with Crippen LogP contribution in [0.25, 0.3) is 10.7 Å². The van der Waals surface area contributed by atoms with E-state index in [1.165, 1.54) is 0 Å². The Hall–Kier alpha value is -4.17. The average Bonchev–Trinajstić information content (AvgIpc) is 3.47. The Kier molecular flexibility index (Phi) is 5.73. The lowest BCUT2D eigenvalue weighted by Crippen LogP contribution is -2.12. The van der Waals surface area contributed by atoms with E-state index in [0.29, 0.717) is 33.4 Å². The Morgan fingerprint density at radius 1 is 1.09 bits per heavy atom. The normalized spacial score (nSPS) is 12.6. The van der Waals surface area contributed by atoms with Crippen molar-refractivity contribution in [1.82, 2.24) is 19.7 Å². The molecule has 4 aromatic rings. The van der Waals surface area contributed by atoms with Crippen molar-refractivity contribution in [3.63, 3.8) is 0 Å². The number of aromatic nitrogens is 4. The van der Waals surface area contributed by atoms with Crippen molar-refractivity contribution in [2.75, 3.05) is 10.6 Å². The molecule has 0 saturated heterocycles. The molecule has 170 valence electrons. The van der Waals surface area contributed by atoms with Crippen LogP contribution in [-0.4, -0.2) is 31.6 Å². The third-order valence-corrected chi connectivity index (χ3v) is 5.83. The number of carbonyl (C=O) groups excluding carboxylic acids is 2. The molecule has 0 fully saturated rings. The van der Waals surface area contributed by atoms with E-state index in [-0.39, 0.29) is 11.8 Å². The first-order chi connectivity index (χ1) is 16.5. The molecular weight excluding hydrogens is 452 g/mol. The first-order valence-electron chi connectivity index (χ1n) is 10.7. The summed E-state index contributed by atoms with van der Waals surface area (Å²) in [6.45, 7) is 1.86. The summed E-state index contributed by atoms with van der Waals surface area (Å²) in [7, 11) is 0. The van der Waals surface area contributed by atoms with Crippen molar-refractivity contribution in [1.29, 1.82) is 0 Å². The van der Waals surface area contributed by atoms with Crippen molar-refractivity contribution >= 4 is 39.8 Å². The van der Waals surface area contributed by atoms with Gasteiger partial charge in [-0.1, -0.05) is 23.7 Å². The van der Waals surface area contributed by atoms with Crippen LogP contribution in [0.1, 0.15) is 44.2 Å². The predicted octanol–water partition coefficient (Wildman–Crippen LogP) is 4.93. The van der Waals surface area contributed by atoms with Gasteiger partial charge in [0.1, 0.15) is 5.69 Å². The van der Waals surface area contributed by atoms with E-state index in [1.807, 2.05) is 25.1 Å². The number of hydrogen-bond acceptors (Lipinski definition) is 4. The summed E-state index contributed by atoms with van der Waals surface area (Å²) in [5.41, 5.74) is 5.46. The molecular formula is C25H21ClN6O2. The second-order valence-electron chi connectivity index (χ2n) is 7.99. The van der Waals surface area contributed by atoms with E-state index in [4.69, 9.17) is 11.6 Å². The van der Waals surface area contributed by atoms with Gasteiger partial charge in [-0.05, 0) is 61.7 Å². The van der Waals surface area contributed by atoms with E-state index < -0.39 is 0 Å². The average molecular weight is 473 g/mol. The quantitative estimate of drug-likeness (QED) is 0.383. The number of aryl methyl sites for hydroxylation is 2. The van der Waals surface area contributed by atoms with Crippen LogP contribution >= 0.6 is 11.6 Å². The zero-order chi connectivity index (χ0) is 23.7. The fourth-order valence-electron chi connectivity index (χ4n) is 3.83. The van der Waals surface area contributed by atoms with E-state index in [0.717, 1.165) is 29.8 Å². The van der Waals surface area contributed by atoms with Crippen molar-refractivity contribution < 1.29 is 9.59 Å². The van der Waals surface area contributed by atoms with Gasteiger partial charge in [0.05, 0.1) is 34.5 Å². The number of rotatable bonds is 5. The number of nitrogens with zero attached hydrogens (tertiary/aromatic N) is 3. The molecule has 0 unspecified atom stereocenters. The van der Waals surface area contributed by atoms with Crippen molar-refractivity contribution in [2.45, 2.75) is 19.8 Å². The Morgan fingerprint density at radius 2 is 1.94 bits per heavy atom. The lowest BCUT2D eigenvalue weighted by Gasteiger charge is -2.07. The van der Waals surface area contributed by atoms with Crippen LogP contribution in [-0.2, 0) is 6.42 Å². The van der Waals surface area contributed by atoms with Gasteiger partial charge in [-0.3, -0.25) is 14.6 Å². The molecule has 1 aromatic carbocycles. The van der Waals surface area contributed by atoms with E-state index in [1.54, 1.807) is 53.6 Å². The molecule has 8 nitrogen and oxygen atoms in total. The first-order valence-corrected chi connectivity index (χ1v) is 11.1. The Labute approximate surface area is 200 Å². The highest BCUT2D eigenvalue weighted by Crippen LogP contribution is 2.29. The Morgan fingerprint density at radius 3 is 2.76 bits per heavy atom. The molecule has 0 radical (unpaired) electrons. The molecule has 0 atom stereocenters. The maximum atomic E-state index is 12.7. The zero-order valence-electron chi connectivity index (χ0n) is 18.3. The number of fused-ring (bicyclic) bond motifs is 1.